The minimum absolute atomic E-state index is 0.0373. The normalized spacial score (nSPS) is 17.4. The van der Waals surface area contributed by atoms with E-state index >= 15 is 0 Å². The van der Waals surface area contributed by atoms with Crippen LogP contribution in [-0.4, -0.2) is 43.4 Å². The molecule has 0 unspecified atom stereocenters. The van der Waals surface area contributed by atoms with Crippen LogP contribution >= 0.6 is 0 Å². The third-order valence-electron chi connectivity index (χ3n) is 5.47. The summed E-state index contributed by atoms with van der Waals surface area (Å²) in [6.45, 7) is 2.85. The second-order valence-corrected chi connectivity index (χ2v) is 7.78. The summed E-state index contributed by atoms with van der Waals surface area (Å²) in [6.07, 6.45) is -3.92. The van der Waals surface area contributed by atoms with Gasteiger partial charge in [0.25, 0.3) is 0 Å². The van der Waals surface area contributed by atoms with Gasteiger partial charge in [0, 0.05) is 0 Å². The Morgan fingerprint density at radius 1 is 1.18 bits per heavy atom. The van der Waals surface area contributed by atoms with E-state index in [0.29, 0.717) is 46.6 Å². The molecule has 0 saturated carbocycles. The molecule has 4 rings (SSSR count). The SMILES string of the molecule is CC1=C(CC(=O)NCC2OCCO2)c2cc(F)ccc2C1=Cc1ccc(O)c(OC(F)(F)F)c1. The lowest BCUT2D eigenvalue weighted by atomic mass is 10.0. The standard InChI is InChI=1S/C24H21F4NO5/c1-13-17(8-14-2-5-20(30)21(9-14)34-24(26,27)28)16-4-3-15(25)10-19(16)18(13)11-22(31)29-12-23-32-6-7-33-23/h2-5,8-10,23,30H,6-7,11-12H2,1H3,(H,29,31). The summed E-state index contributed by atoms with van der Waals surface area (Å²) in [7, 11) is 0. The third kappa shape index (κ3) is 5.40. The highest BCUT2D eigenvalue weighted by Gasteiger charge is 2.32. The minimum Gasteiger partial charge on any atom is -0.504 e. The molecule has 10 heteroatoms. The number of allylic oxidation sites excluding steroid dienone is 2. The fraction of sp³-hybridized carbons (Fsp3) is 0.292. The number of hydrogen-bond donors (Lipinski definition) is 2. The lowest BCUT2D eigenvalue weighted by molar-refractivity contribution is -0.275. The summed E-state index contributed by atoms with van der Waals surface area (Å²) in [5.74, 6) is -2.19. The molecule has 0 bridgehead atoms. The maximum absolute atomic E-state index is 14.0. The number of phenols is 1. The Hall–Kier alpha value is -3.37. The monoisotopic (exact) mass is 479 g/mol. The van der Waals surface area contributed by atoms with Gasteiger partial charge in [-0.1, -0.05) is 12.1 Å². The molecular weight excluding hydrogens is 458 g/mol. The molecular formula is C24H21F4NO5. The van der Waals surface area contributed by atoms with Crippen LogP contribution in [0.5, 0.6) is 11.5 Å². The van der Waals surface area contributed by atoms with Gasteiger partial charge in [-0.2, -0.15) is 0 Å². The molecule has 2 N–H and O–H groups in total. The van der Waals surface area contributed by atoms with Crippen molar-refractivity contribution in [2.75, 3.05) is 19.8 Å². The summed E-state index contributed by atoms with van der Waals surface area (Å²) >= 11 is 0. The number of amides is 1. The smallest absolute Gasteiger partial charge is 0.504 e. The zero-order valence-corrected chi connectivity index (χ0v) is 18.0. The summed E-state index contributed by atoms with van der Waals surface area (Å²) < 4.78 is 66.4. The number of benzene rings is 2. The first-order valence-electron chi connectivity index (χ1n) is 10.4. The van der Waals surface area contributed by atoms with Gasteiger partial charge in [0.1, 0.15) is 5.82 Å². The molecule has 34 heavy (non-hydrogen) atoms. The van der Waals surface area contributed by atoms with Crippen LogP contribution in [-0.2, 0) is 14.3 Å². The van der Waals surface area contributed by atoms with Gasteiger partial charge >= 0.3 is 6.36 Å². The van der Waals surface area contributed by atoms with Crippen LogP contribution in [0.4, 0.5) is 17.6 Å². The van der Waals surface area contributed by atoms with Gasteiger partial charge in [-0.25, -0.2) is 4.39 Å². The molecule has 6 nitrogen and oxygen atoms in total. The number of carbonyl (C=O) groups excluding carboxylic acids is 1. The number of nitrogens with one attached hydrogen (secondary N) is 1. The Morgan fingerprint density at radius 2 is 1.91 bits per heavy atom. The maximum atomic E-state index is 14.0. The first kappa shape index (κ1) is 23.8. The molecule has 180 valence electrons. The van der Waals surface area contributed by atoms with Gasteiger partial charge in [-0.15, -0.1) is 13.2 Å². The first-order chi connectivity index (χ1) is 16.1. The van der Waals surface area contributed by atoms with Crippen molar-refractivity contribution < 1.29 is 41.7 Å². The van der Waals surface area contributed by atoms with E-state index in [-0.39, 0.29) is 18.9 Å². The number of rotatable bonds is 6. The quantitative estimate of drug-likeness (QED) is 0.591. The van der Waals surface area contributed by atoms with Gasteiger partial charge in [0.2, 0.25) is 5.91 Å². The van der Waals surface area contributed by atoms with Crippen molar-refractivity contribution in [2.45, 2.75) is 26.0 Å². The predicted octanol–water partition coefficient (Wildman–Crippen LogP) is 4.64. The molecule has 0 aromatic heterocycles. The van der Waals surface area contributed by atoms with E-state index < -0.39 is 30.0 Å². The van der Waals surface area contributed by atoms with Crippen molar-refractivity contribution in [2.24, 2.45) is 0 Å². The Labute approximate surface area is 192 Å². The van der Waals surface area contributed by atoms with Crippen LogP contribution in [0.15, 0.2) is 42.0 Å². The highest BCUT2D eigenvalue weighted by atomic mass is 19.4. The van der Waals surface area contributed by atoms with Crippen molar-refractivity contribution in [3.05, 3.63) is 64.5 Å². The number of hydrogen-bond acceptors (Lipinski definition) is 5. The average molecular weight is 479 g/mol. The van der Waals surface area contributed by atoms with Crippen LogP contribution in [0.1, 0.15) is 30.0 Å². The van der Waals surface area contributed by atoms with E-state index in [9.17, 15) is 27.5 Å². The Kier molecular flexibility index (Phi) is 6.63. The number of ether oxygens (including phenoxy) is 3. The molecule has 1 amide bonds. The van der Waals surface area contributed by atoms with E-state index in [2.05, 4.69) is 10.1 Å². The fourth-order valence-electron chi connectivity index (χ4n) is 3.92. The molecule has 1 aliphatic carbocycles. The number of carbonyl (C=O) groups is 1. The third-order valence-corrected chi connectivity index (χ3v) is 5.47. The van der Waals surface area contributed by atoms with Crippen molar-refractivity contribution >= 4 is 23.1 Å². The van der Waals surface area contributed by atoms with Crippen LogP contribution < -0.4 is 10.1 Å². The average Bonchev–Trinajstić information content (AvgIpc) is 3.36. The second kappa shape index (κ2) is 9.47. The van der Waals surface area contributed by atoms with E-state index in [1.807, 2.05) is 0 Å². The predicted molar refractivity (Wildman–Crippen MR) is 115 cm³/mol. The van der Waals surface area contributed by atoms with Crippen LogP contribution in [0, 0.1) is 5.82 Å². The lowest BCUT2D eigenvalue weighted by Gasteiger charge is -2.11. The summed E-state index contributed by atoms with van der Waals surface area (Å²) in [5.41, 5.74) is 3.37. The first-order valence-corrected chi connectivity index (χ1v) is 10.4. The molecule has 1 saturated heterocycles. The molecule has 1 aliphatic heterocycles. The number of aromatic hydroxyl groups is 1. The minimum atomic E-state index is -4.97. The van der Waals surface area contributed by atoms with Gasteiger partial charge in [-0.3, -0.25) is 4.79 Å². The van der Waals surface area contributed by atoms with E-state index in [0.717, 1.165) is 12.1 Å². The molecule has 2 aromatic carbocycles. The molecule has 0 radical (unpaired) electrons. The molecule has 2 aliphatic rings. The Morgan fingerprint density at radius 3 is 2.62 bits per heavy atom. The Bertz CT molecular complexity index is 1170. The van der Waals surface area contributed by atoms with E-state index in [4.69, 9.17) is 9.47 Å². The maximum Gasteiger partial charge on any atom is 0.573 e. The summed E-state index contributed by atoms with van der Waals surface area (Å²) in [6, 6.07) is 7.72. The second-order valence-electron chi connectivity index (χ2n) is 7.78. The number of fused-ring (bicyclic) bond motifs is 1. The highest BCUT2D eigenvalue weighted by Crippen LogP contribution is 2.44. The van der Waals surface area contributed by atoms with E-state index in [1.54, 1.807) is 19.1 Å². The number of alkyl halides is 3. The van der Waals surface area contributed by atoms with Crippen LogP contribution in [0.25, 0.3) is 17.2 Å². The van der Waals surface area contributed by atoms with Crippen molar-refractivity contribution in [3.63, 3.8) is 0 Å². The summed E-state index contributed by atoms with van der Waals surface area (Å²) in [5, 5.41) is 12.4. The highest BCUT2D eigenvalue weighted by molar-refractivity contribution is 6.08. The van der Waals surface area contributed by atoms with Gasteiger partial charge < -0.3 is 24.6 Å². The van der Waals surface area contributed by atoms with Gasteiger partial charge in [-0.05, 0) is 70.7 Å². The largest absolute Gasteiger partial charge is 0.573 e. The van der Waals surface area contributed by atoms with Crippen molar-refractivity contribution in [1.82, 2.24) is 5.32 Å². The zero-order chi connectivity index (χ0) is 24.5. The fourth-order valence-corrected chi connectivity index (χ4v) is 3.92. The van der Waals surface area contributed by atoms with Crippen LogP contribution in [0.3, 0.4) is 0 Å². The molecule has 0 spiro atoms. The lowest BCUT2D eigenvalue weighted by Crippen LogP contribution is -2.32. The van der Waals surface area contributed by atoms with E-state index in [1.165, 1.54) is 18.2 Å². The van der Waals surface area contributed by atoms with Crippen LogP contribution in [0.2, 0.25) is 0 Å². The molecule has 0 atom stereocenters. The van der Waals surface area contributed by atoms with Gasteiger partial charge in [0.05, 0.1) is 26.2 Å². The zero-order valence-electron chi connectivity index (χ0n) is 18.0. The van der Waals surface area contributed by atoms with Crippen molar-refractivity contribution in [3.8, 4) is 11.5 Å². The van der Waals surface area contributed by atoms with Gasteiger partial charge in [0.15, 0.2) is 17.8 Å². The summed E-state index contributed by atoms with van der Waals surface area (Å²) in [4.78, 5) is 12.6. The molecule has 1 heterocycles. The number of halogens is 4. The topological polar surface area (TPSA) is 77.0 Å². The molecule has 2 aromatic rings. The molecule has 1 fully saturated rings. The Balaban J connectivity index is 1.63. The van der Waals surface area contributed by atoms with Crippen molar-refractivity contribution in [1.29, 1.82) is 0 Å². The number of phenolic OH excluding ortho intramolecular Hbond substituents is 1.